The fourth-order valence-corrected chi connectivity index (χ4v) is 5.03. The van der Waals surface area contributed by atoms with E-state index in [0.717, 1.165) is 48.8 Å². The molecule has 1 N–H and O–H groups in total. The molecule has 0 amide bonds. The number of aromatic nitrogens is 4. The lowest BCUT2D eigenvalue weighted by atomic mass is 10.0. The minimum Gasteiger partial charge on any atom is -0.475 e. The molecular formula is C22H27Cl2FN6O2S. The fourth-order valence-electron chi connectivity index (χ4n) is 4.20. The summed E-state index contributed by atoms with van der Waals surface area (Å²) in [5, 5.41) is 12.0. The molecule has 2 aromatic heterocycles. The second-order valence-electron chi connectivity index (χ2n) is 8.08. The van der Waals surface area contributed by atoms with Gasteiger partial charge in [-0.1, -0.05) is 0 Å². The van der Waals surface area contributed by atoms with Gasteiger partial charge in [0.25, 0.3) is 5.56 Å². The number of likely N-dealkylation sites (tertiary alicyclic amines) is 1. The molecular weight excluding hydrogens is 502 g/mol. The molecule has 8 nitrogen and oxygen atoms in total. The Balaban J connectivity index is 0.00000162. The van der Waals surface area contributed by atoms with Crippen molar-refractivity contribution in [1.82, 2.24) is 30.0 Å². The second-order valence-corrected chi connectivity index (χ2v) is 9.22. The summed E-state index contributed by atoms with van der Waals surface area (Å²) in [5.41, 5.74) is 1.91. The number of hydrogen-bond acceptors (Lipinski definition) is 8. The standard InChI is InChI=1S/C22H25FN6O2S.2ClH/c23-15-1-2-18-19(11-15)29(21(30)14-25-18)8-7-28-5-3-16(4-6-28)24-13-17-12-20-22(27-26-17)31-9-10-32-20;;/h1-2,11-12,14,16,24H,3-10,13H2;2*1H. The van der Waals surface area contributed by atoms with Crippen LogP contribution in [0, 0.1) is 5.82 Å². The van der Waals surface area contributed by atoms with Crippen molar-refractivity contribution in [3.63, 3.8) is 0 Å². The van der Waals surface area contributed by atoms with Gasteiger partial charge in [-0.15, -0.1) is 41.7 Å². The topological polar surface area (TPSA) is 85.2 Å². The third kappa shape index (κ3) is 6.17. The van der Waals surface area contributed by atoms with Crippen molar-refractivity contribution < 1.29 is 9.13 Å². The van der Waals surface area contributed by atoms with Gasteiger partial charge in [0.1, 0.15) is 5.82 Å². The molecule has 0 bridgehead atoms. The van der Waals surface area contributed by atoms with Crippen molar-refractivity contribution in [2.24, 2.45) is 0 Å². The van der Waals surface area contributed by atoms with Crippen LogP contribution in [0.15, 0.2) is 40.2 Å². The van der Waals surface area contributed by atoms with Crippen molar-refractivity contribution in [3.05, 3.63) is 52.3 Å². The molecule has 0 saturated carbocycles. The van der Waals surface area contributed by atoms with Crippen molar-refractivity contribution in [1.29, 1.82) is 0 Å². The van der Waals surface area contributed by atoms with E-state index in [9.17, 15) is 9.18 Å². The number of hydrogen-bond donors (Lipinski definition) is 1. The van der Waals surface area contributed by atoms with E-state index < -0.39 is 0 Å². The van der Waals surface area contributed by atoms with Crippen LogP contribution in [-0.2, 0) is 13.1 Å². The Kier molecular flexibility index (Phi) is 9.49. The van der Waals surface area contributed by atoms with E-state index in [1.807, 2.05) is 0 Å². The highest BCUT2D eigenvalue weighted by molar-refractivity contribution is 7.99. The Morgan fingerprint density at radius 2 is 1.97 bits per heavy atom. The SMILES string of the molecule is Cl.Cl.O=c1cnc2ccc(F)cc2n1CCN1CCC(NCc2cc3c(nn2)OCCS3)CC1. The van der Waals surface area contributed by atoms with Crippen molar-refractivity contribution in [2.75, 3.05) is 32.0 Å². The first-order chi connectivity index (χ1) is 15.7. The van der Waals surface area contributed by atoms with Gasteiger partial charge >= 0.3 is 0 Å². The molecule has 2 aliphatic rings. The minimum atomic E-state index is -0.361. The molecule has 1 fully saturated rings. The van der Waals surface area contributed by atoms with Crippen LogP contribution in [0.25, 0.3) is 11.0 Å². The minimum absolute atomic E-state index is 0. The van der Waals surface area contributed by atoms with Crippen LogP contribution in [0.5, 0.6) is 5.88 Å². The molecule has 3 aromatic rings. The van der Waals surface area contributed by atoms with Gasteiger partial charge in [0.05, 0.1) is 34.4 Å². The van der Waals surface area contributed by atoms with Crippen LogP contribution < -0.4 is 15.6 Å². The first-order valence-electron chi connectivity index (χ1n) is 10.9. The predicted molar refractivity (Wildman–Crippen MR) is 135 cm³/mol. The Bertz CT molecular complexity index is 1180. The molecule has 4 heterocycles. The number of ether oxygens (including phenoxy) is 1. The molecule has 5 rings (SSSR count). The Hall–Kier alpha value is -1.98. The van der Waals surface area contributed by atoms with E-state index in [4.69, 9.17) is 4.74 Å². The maximum atomic E-state index is 13.7. The van der Waals surface area contributed by atoms with E-state index in [-0.39, 0.29) is 36.2 Å². The maximum absolute atomic E-state index is 13.7. The maximum Gasteiger partial charge on any atom is 0.269 e. The van der Waals surface area contributed by atoms with Crippen molar-refractivity contribution >= 4 is 47.6 Å². The fraction of sp³-hybridized carbons (Fsp3) is 0.455. The highest BCUT2D eigenvalue weighted by atomic mass is 35.5. The molecule has 0 unspecified atom stereocenters. The molecule has 2 aliphatic heterocycles. The summed E-state index contributed by atoms with van der Waals surface area (Å²) in [5.74, 6) is 1.22. The van der Waals surface area contributed by atoms with Crippen LogP contribution >= 0.6 is 36.6 Å². The van der Waals surface area contributed by atoms with E-state index in [1.165, 1.54) is 18.3 Å². The van der Waals surface area contributed by atoms with E-state index >= 15 is 0 Å². The summed E-state index contributed by atoms with van der Waals surface area (Å²) >= 11 is 1.76. The molecule has 0 radical (unpaired) electrons. The Morgan fingerprint density at radius 3 is 2.79 bits per heavy atom. The summed E-state index contributed by atoms with van der Waals surface area (Å²) in [6, 6.07) is 6.84. The first kappa shape index (κ1) is 26.6. The van der Waals surface area contributed by atoms with Gasteiger partial charge in [0.15, 0.2) is 0 Å². The summed E-state index contributed by atoms with van der Waals surface area (Å²) in [7, 11) is 0. The van der Waals surface area contributed by atoms with Gasteiger partial charge in [-0.25, -0.2) is 9.37 Å². The van der Waals surface area contributed by atoms with Crippen molar-refractivity contribution in [3.8, 4) is 5.88 Å². The largest absolute Gasteiger partial charge is 0.475 e. The lowest BCUT2D eigenvalue weighted by Crippen LogP contribution is -2.43. The summed E-state index contributed by atoms with van der Waals surface area (Å²) < 4.78 is 20.8. The molecule has 184 valence electrons. The number of nitrogens with zero attached hydrogens (tertiary/aromatic N) is 5. The average Bonchev–Trinajstić information content (AvgIpc) is 2.82. The van der Waals surface area contributed by atoms with Gasteiger partial charge < -0.3 is 19.5 Å². The van der Waals surface area contributed by atoms with E-state index in [0.29, 0.717) is 42.7 Å². The highest BCUT2D eigenvalue weighted by Crippen LogP contribution is 2.30. The quantitative estimate of drug-likeness (QED) is 0.522. The molecule has 12 heteroatoms. The summed E-state index contributed by atoms with van der Waals surface area (Å²) in [6.45, 7) is 4.53. The summed E-state index contributed by atoms with van der Waals surface area (Å²) in [4.78, 5) is 19.8. The molecule has 0 atom stereocenters. The zero-order valence-electron chi connectivity index (χ0n) is 18.5. The zero-order chi connectivity index (χ0) is 21.9. The van der Waals surface area contributed by atoms with Crippen molar-refractivity contribution in [2.45, 2.75) is 36.9 Å². The van der Waals surface area contributed by atoms with Crippen LogP contribution in [0.3, 0.4) is 0 Å². The lowest BCUT2D eigenvalue weighted by molar-refractivity contribution is 0.191. The smallest absolute Gasteiger partial charge is 0.269 e. The number of thioether (sulfide) groups is 1. The van der Waals surface area contributed by atoms with E-state index in [1.54, 1.807) is 22.4 Å². The lowest BCUT2D eigenvalue weighted by Gasteiger charge is -2.32. The van der Waals surface area contributed by atoms with Crippen LogP contribution in [0.4, 0.5) is 4.39 Å². The Labute approximate surface area is 213 Å². The Morgan fingerprint density at radius 1 is 1.15 bits per heavy atom. The van der Waals surface area contributed by atoms with Gasteiger partial charge in [0.2, 0.25) is 5.88 Å². The van der Waals surface area contributed by atoms with Gasteiger partial charge in [-0.2, -0.15) is 5.10 Å². The molecule has 1 aromatic carbocycles. The third-order valence-electron chi connectivity index (χ3n) is 5.97. The monoisotopic (exact) mass is 528 g/mol. The first-order valence-corrected chi connectivity index (χ1v) is 11.9. The average molecular weight is 529 g/mol. The van der Waals surface area contributed by atoms with Crippen LogP contribution in [0.1, 0.15) is 18.5 Å². The molecule has 34 heavy (non-hydrogen) atoms. The number of fused-ring (bicyclic) bond motifs is 2. The normalized spacial score (nSPS) is 16.3. The third-order valence-corrected chi connectivity index (χ3v) is 6.94. The number of nitrogens with one attached hydrogen (secondary N) is 1. The highest BCUT2D eigenvalue weighted by Gasteiger charge is 2.20. The molecule has 1 saturated heterocycles. The van der Waals surface area contributed by atoms with Gasteiger partial charge in [0, 0.05) is 31.4 Å². The number of benzene rings is 1. The van der Waals surface area contributed by atoms with Crippen LogP contribution in [-0.4, -0.2) is 62.7 Å². The second kappa shape index (κ2) is 12.1. The zero-order valence-corrected chi connectivity index (χ0v) is 20.9. The van der Waals surface area contributed by atoms with Gasteiger partial charge in [-0.05, 0) is 50.2 Å². The predicted octanol–water partition coefficient (Wildman–Crippen LogP) is 2.91. The van der Waals surface area contributed by atoms with E-state index in [2.05, 4.69) is 31.5 Å². The number of halogens is 3. The summed E-state index contributed by atoms with van der Waals surface area (Å²) in [6.07, 6.45) is 3.36. The van der Waals surface area contributed by atoms with Gasteiger partial charge in [-0.3, -0.25) is 4.79 Å². The van der Waals surface area contributed by atoms with Crippen LogP contribution in [0.2, 0.25) is 0 Å². The number of piperidine rings is 1. The molecule has 0 spiro atoms. The molecule has 0 aliphatic carbocycles. The number of rotatable bonds is 6.